The third-order valence-electron chi connectivity index (χ3n) is 4.10. The summed E-state index contributed by atoms with van der Waals surface area (Å²) < 4.78 is 24.1. The topological polar surface area (TPSA) is 60.5 Å². The van der Waals surface area contributed by atoms with Crippen molar-refractivity contribution in [2.75, 3.05) is 14.2 Å². The van der Waals surface area contributed by atoms with Gasteiger partial charge in [-0.1, -0.05) is 12.1 Å². The van der Waals surface area contributed by atoms with Gasteiger partial charge in [0, 0.05) is 18.0 Å². The smallest absolute Gasteiger partial charge is 0.270 e. The van der Waals surface area contributed by atoms with E-state index in [0.717, 1.165) is 11.3 Å². The second-order valence-corrected chi connectivity index (χ2v) is 5.86. The first kappa shape index (κ1) is 17.7. The first-order valence-corrected chi connectivity index (χ1v) is 8.08. The number of nitrogens with zero attached hydrogens (tertiary/aromatic N) is 1. The van der Waals surface area contributed by atoms with Crippen LogP contribution in [0, 0.1) is 12.7 Å². The Balaban J connectivity index is 1.85. The van der Waals surface area contributed by atoms with Gasteiger partial charge in [0.15, 0.2) is 0 Å². The predicted molar refractivity (Wildman–Crippen MR) is 97.2 cm³/mol. The molecule has 0 atom stereocenters. The summed E-state index contributed by atoms with van der Waals surface area (Å²) in [6.07, 6.45) is 0. The lowest BCUT2D eigenvalue weighted by Crippen LogP contribution is -2.24. The third-order valence-corrected chi connectivity index (χ3v) is 4.10. The summed E-state index contributed by atoms with van der Waals surface area (Å²) in [5.74, 6) is 0.465. The number of halogens is 1. The number of amides is 1. The summed E-state index contributed by atoms with van der Waals surface area (Å²) in [5.41, 5.74) is 2.34. The largest absolute Gasteiger partial charge is 0.497 e. The first-order chi connectivity index (χ1) is 12.5. The molecule has 1 N–H and O–H groups in total. The fraction of sp³-hybridized carbons (Fsp3) is 0.200. The lowest BCUT2D eigenvalue weighted by atomic mass is 10.1. The molecular formula is C20H19FN2O3. The normalized spacial score (nSPS) is 10.6. The van der Waals surface area contributed by atoms with Crippen LogP contribution in [0.5, 0.6) is 11.5 Å². The van der Waals surface area contributed by atoms with Gasteiger partial charge in [0.1, 0.15) is 23.0 Å². The third kappa shape index (κ3) is 3.59. The van der Waals surface area contributed by atoms with Crippen LogP contribution >= 0.6 is 0 Å². The summed E-state index contributed by atoms with van der Waals surface area (Å²) in [6, 6.07) is 11.7. The van der Waals surface area contributed by atoms with E-state index in [9.17, 15) is 9.18 Å². The first-order valence-electron chi connectivity index (χ1n) is 8.08. The number of nitrogens with one attached hydrogen (secondary N) is 1. The SMILES string of the molecule is COc1ccc(CNC(=O)c2cc(OC)c3cc(F)cc(C)c3n2)cc1. The van der Waals surface area contributed by atoms with Gasteiger partial charge in [-0.15, -0.1) is 0 Å². The molecule has 1 aromatic heterocycles. The number of fused-ring (bicyclic) bond motifs is 1. The molecule has 2 aromatic carbocycles. The molecule has 5 nitrogen and oxygen atoms in total. The molecule has 1 heterocycles. The van der Waals surface area contributed by atoms with Crippen LogP contribution in [0.1, 0.15) is 21.6 Å². The Morgan fingerprint density at radius 1 is 1.12 bits per heavy atom. The summed E-state index contributed by atoms with van der Waals surface area (Å²) in [7, 11) is 3.08. The molecule has 1 amide bonds. The van der Waals surface area contributed by atoms with Gasteiger partial charge in [-0.3, -0.25) is 4.79 Å². The molecule has 0 fully saturated rings. The van der Waals surface area contributed by atoms with E-state index in [1.807, 2.05) is 24.3 Å². The van der Waals surface area contributed by atoms with Crippen LogP contribution in [-0.2, 0) is 6.54 Å². The monoisotopic (exact) mass is 354 g/mol. The molecule has 0 unspecified atom stereocenters. The highest BCUT2D eigenvalue weighted by Crippen LogP contribution is 2.28. The second kappa shape index (κ2) is 7.39. The summed E-state index contributed by atoms with van der Waals surface area (Å²) in [4.78, 5) is 16.9. The Morgan fingerprint density at radius 3 is 2.50 bits per heavy atom. The van der Waals surface area contributed by atoms with Crippen molar-refractivity contribution >= 4 is 16.8 Å². The van der Waals surface area contributed by atoms with Gasteiger partial charge >= 0.3 is 0 Å². The molecule has 134 valence electrons. The minimum atomic E-state index is -0.369. The van der Waals surface area contributed by atoms with Crippen LogP contribution < -0.4 is 14.8 Å². The molecule has 3 aromatic rings. The average Bonchev–Trinajstić information content (AvgIpc) is 2.65. The van der Waals surface area contributed by atoms with Gasteiger partial charge in [-0.05, 0) is 42.3 Å². The second-order valence-electron chi connectivity index (χ2n) is 5.86. The van der Waals surface area contributed by atoms with E-state index < -0.39 is 0 Å². The van der Waals surface area contributed by atoms with Gasteiger partial charge in [-0.25, -0.2) is 9.37 Å². The number of carbonyl (C=O) groups is 1. The standard InChI is InChI=1S/C20H19FN2O3/c1-12-8-14(21)9-16-18(26-3)10-17(23-19(12)16)20(24)22-11-13-4-6-15(25-2)7-5-13/h4-10H,11H2,1-3H3,(H,22,24). The highest BCUT2D eigenvalue weighted by atomic mass is 19.1. The maximum absolute atomic E-state index is 13.7. The van der Waals surface area contributed by atoms with Gasteiger partial charge in [0.2, 0.25) is 0 Å². The minimum Gasteiger partial charge on any atom is -0.497 e. The van der Waals surface area contributed by atoms with Crippen molar-refractivity contribution in [2.45, 2.75) is 13.5 Å². The molecule has 0 saturated heterocycles. The maximum atomic E-state index is 13.7. The van der Waals surface area contributed by atoms with Crippen LogP contribution in [-0.4, -0.2) is 25.1 Å². The lowest BCUT2D eigenvalue weighted by Gasteiger charge is -2.11. The van der Waals surface area contributed by atoms with E-state index in [4.69, 9.17) is 9.47 Å². The Bertz CT molecular complexity index is 955. The van der Waals surface area contributed by atoms with Gasteiger partial charge in [0.05, 0.1) is 19.7 Å². The van der Waals surface area contributed by atoms with Crippen LogP contribution in [0.4, 0.5) is 4.39 Å². The van der Waals surface area contributed by atoms with Crippen LogP contribution in [0.15, 0.2) is 42.5 Å². The molecule has 0 spiro atoms. The van der Waals surface area contributed by atoms with Gasteiger partial charge in [-0.2, -0.15) is 0 Å². The predicted octanol–water partition coefficient (Wildman–Crippen LogP) is 3.63. The number of aromatic nitrogens is 1. The van der Waals surface area contributed by atoms with Crippen molar-refractivity contribution < 1.29 is 18.7 Å². The molecule has 3 rings (SSSR count). The summed E-state index contributed by atoms with van der Waals surface area (Å²) in [6.45, 7) is 2.10. The van der Waals surface area contributed by atoms with E-state index in [-0.39, 0.29) is 17.4 Å². The molecule has 0 aliphatic rings. The Hall–Kier alpha value is -3.15. The number of ether oxygens (including phenoxy) is 2. The van der Waals surface area contributed by atoms with E-state index in [0.29, 0.717) is 28.8 Å². The molecular weight excluding hydrogens is 335 g/mol. The van der Waals surface area contributed by atoms with Crippen LogP contribution in [0.2, 0.25) is 0 Å². The molecule has 0 aliphatic heterocycles. The van der Waals surface area contributed by atoms with E-state index in [2.05, 4.69) is 10.3 Å². The lowest BCUT2D eigenvalue weighted by molar-refractivity contribution is 0.0946. The van der Waals surface area contributed by atoms with Crippen molar-refractivity contribution in [2.24, 2.45) is 0 Å². The van der Waals surface area contributed by atoms with E-state index in [1.165, 1.54) is 25.3 Å². The van der Waals surface area contributed by atoms with Crippen molar-refractivity contribution in [1.29, 1.82) is 0 Å². The van der Waals surface area contributed by atoms with Crippen molar-refractivity contribution in [3.8, 4) is 11.5 Å². The van der Waals surface area contributed by atoms with Gasteiger partial charge in [0.25, 0.3) is 5.91 Å². The van der Waals surface area contributed by atoms with Crippen molar-refractivity contribution in [3.63, 3.8) is 0 Å². The highest BCUT2D eigenvalue weighted by Gasteiger charge is 2.15. The zero-order chi connectivity index (χ0) is 18.7. The molecule has 26 heavy (non-hydrogen) atoms. The molecule has 0 saturated carbocycles. The molecule has 0 aliphatic carbocycles. The van der Waals surface area contributed by atoms with Crippen molar-refractivity contribution in [3.05, 3.63) is 65.1 Å². The number of carbonyl (C=O) groups excluding carboxylic acids is 1. The van der Waals surface area contributed by atoms with Crippen LogP contribution in [0.3, 0.4) is 0 Å². The quantitative estimate of drug-likeness (QED) is 0.760. The van der Waals surface area contributed by atoms with Gasteiger partial charge < -0.3 is 14.8 Å². The fourth-order valence-corrected chi connectivity index (χ4v) is 2.73. The number of benzene rings is 2. The number of pyridine rings is 1. The number of hydrogen-bond acceptors (Lipinski definition) is 4. The zero-order valence-corrected chi connectivity index (χ0v) is 14.8. The zero-order valence-electron chi connectivity index (χ0n) is 14.8. The maximum Gasteiger partial charge on any atom is 0.270 e. The molecule has 6 heteroatoms. The number of rotatable bonds is 5. The van der Waals surface area contributed by atoms with E-state index in [1.54, 1.807) is 14.0 Å². The Morgan fingerprint density at radius 2 is 1.85 bits per heavy atom. The fourth-order valence-electron chi connectivity index (χ4n) is 2.73. The average molecular weight is 354 g/mol. The Kier molecular flexibility index (Phi) is 5.02. The van der Waals surface area contributed by atoms with E-state index >= 15 is 0 Å². The number of methoxy groups -OCH3 is 2. The molecule has 0 bridgehead atoms. The number of aryl methyl sites for hydroxylation is 1. The molecule has 0 radical (unpaired) electrons. The minimum absolute atomic E-state index is 0.220. The highest BCUT2D eigenvalue weighted by molar-refractivity contribution is 5.97. The summed E-state index contributed by atoms with van der Waals surface area (Å²) >= 11 is 0. The number of hydrogen-bond donors (Lipinski definition) is 1. The van der Waals surface area contributed by atoms with Crippen molar-refractivity contribution in [1.82, 2.24) is 10.3 Å². The van der Waals surface area contributed by atoms with Crippen LogP contribution in [0.25, 0.3) is 10.9 Å². The Labute approximate surface area is 150 Å². The summed E-state index contributed by atoms with van der Waals surface area (Å²) in [5, 5.41) is 3.37.